The average molecular weight is 426 g/mol. The molecule has 8 heteroatoms. The van der Waals surface area contributed by atoms with Crippen LogP contribution in [-0.2, 0) is 14.4 Å². The zero-order valence-corrected chi connectivity index (χ0v) is 18.2. The van der Waals surface area contributed by atoms with E-state index < -0.39 is 6.04 Å². The molecule has 1 aliphatic carbocycles. The lowest BCUT2D eigenvalue weighted by molar-refractivity contribution is -0.132. The number of amides is 3. The molecule has 2 fully saturated rings. The van der Waals surface area contributed by atoms with Crippen molar-refractivity contribution in [2.45, 2.75) is 64.0 Å². The first kappa shape index (κ1) is 21.3. The third kappa shape index (κ3) is 5.06. The van der Waals surface area contributed by atoms with Crippen LogP contribution in [0.25, 0.3) is 11.0 Å². The van der Waals surface area contributed by atoms with Crippen LogP contribution in [0.2, 0.25) is 0 Å². The quantitative estimate of drug-likeness (QED) is 0.631. The number of rotatable bonds is 7. The molecule has 1 aromatic heterocycles. The van der Waals surface area contributed by atoms with Crippen molar-refractivity contribution in [2.75, 3.05) is 13.1 Å². The van der Waals surface area contributed by atoms with Crippen molar-refractivity contribution in [1.29, 1.82) is 0 Å². The first-order chi connectivity index (χ1) is 14.9. The van der Waals surface area contributed by atoms with Crippen LogP contribution >= 0.6 is 0 Å². The summed E-state index contributed by atoms with van der Waals surface area (Å²) in [5, 5.41) is 5.84. The van der Waals surface area contributed by atoms with E-state index in [1.807, 2.05) is 36.1 Å². The molecule has 0 unspecified atom stereocenters. The number of H-pyrrole nitrogens is 1. The highest BCUT2D eigenvalue weighted by molar-refractivity contribution is 5.87. The molecule has 1 saturated carbocycles. The van der Waals surface area contributed by atoms with Gasteiger partial charge in [-0.2, -0.15) is 0 Å². The maximum atomic E-state index is 12.5. The van der Waals surface area contributed by atoms with Crippen molar-refractivity contribution in [3.63, 3.8) is 0 Å². The average Bonchev–Trinajstić information content (AvgIpc) is 3.39. The highest BCUT2D eigenvalue weighted by atomic mass is 16.2. The van der Waals surface area contributed by atoms with Crippen molar-refractivity contribution in [3.8, 4) is 0 Å². The fourth-order valence-electron chi connectivity index (χ4n) is 4.38. The molecule has 31 heavy (non-hydrogen) atoms. The van der Waals surface area contributed by atoms with Crippen LogP contribution in [0.15, 0.2) is 24.3 Å². The second-order valence-electron chi connectivity index (χ2n) is 8.75. The van der Waals surface area contributed by atoms with Gasteiger partial charge in [0, 0.05) is 37.9 Å². The fourth-order valence-corrected chi connectivity index (χ4v) is 4.38. The van der Waals surface area contributed by atoms with Gasteiger partial charge in [0.1, 0.15) is 11.9 Å². The van der Waals surface area contributed by atoms with E-state index >= 15 is 0 Å². The highest BCUT2D eigenvalue weighted by Crippen LogP contribution is 2.48. The maximum absolute atomic E-state index is 12.5. The number of nitrogens with zero attached hydrogens (tertiary/aromatic N) is 2. The van der Waals surface area contributed by atoms with Gasteiger partial charge in [-0.25, -0.2) is 4.98 Å². The van der Waals surface area contributed by atoms with Crippen LogP contribution in [-0.4, -0.2) is 57.8 Å². The molecule has 1 aliphatic heterocycles. The van der Waals surface area contributed by atoms with Gasteiger partial charge in [-0.05, 0) is 44.2 Å². The lowest BCUT2D eigenvalue weighted by Gasteiger charge is -2.32. The number of hydrogen-bond donors (Lipinski definition) is 3. The number of benzene rings is 1. The van der Waals surface area contributed by atoms with E-state index in [2.05, 4.69) is 20.6 Å². The zero-order chi connectivity index (χ0) is 22.0. The van der Waals surface area contributed by atoms with E-state index in [0.29, 0.717) is 25.9 Å². The molecule has 8 nitrogen and oxygen atoms in total. The van der Waals surface area contributed by atoms with Gasteiger partial charge in [-0.3, -0.25) is 14.4 Å². The predicted molar refractivity (Wildman–Crippen MR) is 117 cm³/mol. The molecule has 0 bridgehead atoms. The molecule has 2 heterocycles. The summed E-state index contributed by atoms with van der Waals surface area (Å²) in [6, 6.07) is 7.39. The van der Waals surface area contributed by atoms with Crippen molar-refractivity contribution in [2.24, 2.45) is 5.92 Å². The normalized spacial score (nSPS) is 22.2. The SMILES string of the molecule is CCC(=O)N1CCC(NC(=O)[C@@H](C)NC(=O)C[C@@H]2C[C@@H]2c2nc3ccccc3[nH]2)CC1. The van der Waals surface area contributed by atoms with Crippen LogP contribution in [0.3, 0.4) is 0 Å². The molecule has 166 valence electrons. The van der Waals surface area contributed by atoms with Gasteiger partial charge in [0.2, 0.25) is 17.7 Å². The third-order valence-electron chi connectivity index (χ3n) is 6.40. The number of likely N-dealkylation sites (tertiary alicyclic amines) is 1. The van der Waals surface area contributed by atoms with E-state index in [9.17, 15) is 14.4 Å². The summed E-state index contributed by atoms with van der Waals surface area (Å²) in [5.74, 6) is 1.37. The van der Waals surface area contributed by atoms with Crippen LogP contribution in [0, 0.1) is 5.92 Å². The molecule has 1 aromatic carbocycles. The topological polar surface area (TPSA) is 107 Å². The largest absolute Gasteiger partial charge is 0.351 e. The van der Waals surface area contributed by atoms with Gasteiger partial charge in [0.05, 0.1) is 11.0 Å². The van der Waals surface area contributed by atoms with Gasteiger partial charge in [-0.1, -0.05) is 19.1 Å². The summed E-state index contributed by atoms with van der Waals surface area (Å²) >= 11 is 0. The minimum Gasteiger partial charge on any atom is -0.351 e. The summed E-state index contributed by atoms with van der Waals surface area (Å²) in [5.41, 5.74) is 1.96. The summed E-state index contributed by atoms with van der Waals surface area (Å²) in [4.78, 5) is 46.5. The highest BCUT2D eigenvalue weighted by Gasteiger charge is 2.42. The zero-order valence-electron chi connectivity index (χ0n) is 18.2. The number of hydrogen-bond acceptors (Lipinski definition) is 4. The second-order valence-corrected chi connectivity index (χ2v) is 8.75. The van der Waals surface area contributed by atoms with Crippen LogP contribution < -0.4 is 10.6 Å². The Morgan fingerprint density at radius 3 is 2.68 bits per heavy atom. The molecule has 3 N–H and O–H groups in total. The van der Waals surface area contributed by atoms with E-state index in [-0.39, 0.29) is 35.6 Å². The molecular formula is C23H31N5O3. The number of imidazole rings is 1. The van der Waals surface area contributed by atoms with Crippen LogP contribution in [0.5, 0.6) is 0 Å². The van der Waals surface area contributed by atoms with Crippen LogP contribution in [0.1, 0.15) is 57.7 Å². The number of aromatic nitrogens is 2. The first-order valence-corrected chi connectivity index (χ1v) is 11.3. The van der Waals surface area contributed by atoms with Gasteiger partial charge >= 0.3 is 0 Å². The Morgan fingerprint density at radius 1 is 1.23 bits per heavy atom. The Labute approximate surface area is 182 Å². The van der Waals surface area contributed by atoms with E-state index in [1.165, 1.54) is 0 Å². The molecule has 2 aliphatic rings. The van der Waals surface area contributed by atoms with Gasteiger partial charge in [0.15, 0.2) is 0 Å². The Kier molecular flexibility index (Phi) is 6.25. The number of carbonyl (C=O) groups is 3. The number of aromatic amines is 1. The Balaban J connectivity index is 1.19. The van der Waals surface area contributed by atoms with Crippen LogP contribution in [0.4, 0.5) is 0 Å². The summed E-state index contributed by atoms with van der Waals surface area (Å²) in [6.07, 6.45) is 3.34. The number of nitrogens with one attached hydrogen (secondary N) is 3. The number of para-hydroxylation sites is 2. The summed E-state index contributed by atoms with van der Waals surface area (Å²) in [7, 11) is 0. The minimum atomic E-state index is -0.578. The maximum Gasteiger partial charge on any atom is 0.242 e. The number of piperidine rings is 1. The standard InChI is InChI=1S/C23H31N5O3/c1-3-21(30)28-10-8-16(9-11-28)25-23(31)14(2)24-20(29)13-15-12-17(15)22-26-18-6-4-5-7-19(18)27-22/h4-7,14-17H,3,8-13H2,1-2H3,(H,24,29)(H,25,31)(H,26,27)/t14-,15+,17+/m1/s1. The molecule has 3 amide bonds. The number of fused-ring (bicyclic) bond motifs is 1. The van der Waals surface area contributed by atoms with Crippen molar-refractivity contribution in [1.82, 2.24) is 25.5 Å². The molecular weight excluding hydrogens is 394 g/mol. The Hall–Kier alpha value is -2.90. The molecule has 3 atom stereocenters. The lowest BCUT2D eigenvalue weighted by Crippen LogP contribution is -2.51. The Morgan fingerprint density at radius 2 is 1.97 bits per heavy atom. The number of carbonyl (C=O) groups excluding carboxylic acids is 3. The van der Waals surface area contributed by atoms with Gasteiger partial charge in [0.25, 0.3) is 0 Å². The molecule has 2 aromatic rings. The third-order valence-corrected chi connectivity index (χ3v) is 6.40. The minimum absolute atomic E-state index is 0.0497. The smallest absolute Gasteiger partial charge is 0.242 e. The van der Waals surface area contributed by atoms with Crippen molar-refractivity contribution in [3.05, 3.63) is 30.1 Å². The summed E-state index contributed by atoms with van der Waals surface area (Å²) in [6.45, 7) is 4.92. The fraction of sp³-hybridized carbons (Fsp3) is 0.565. The van der Waals surface area contributed by atoms with Gasteiger partial charge in [-0.15, -0.1) is 0 Å². The van der Waals surface area contributed by atoms with Crippen molar-refractivity contribution < 1.29 is 14.4 Å². The molecule has 0 spiro atoms. The molecule has 1 saturated heterocycles. The predicted octanol–water partition coefficient (Wildman–Crippen LogP) is 2.08. The van der Waals surface area contributed by atoms with E-state index in [4.69, 9.17) is 0 Å². The monoisotopic (exact) mass is 425 g/mol. The summed E-state index contributed by atoms with van der Waals surface area (Å²) < 4.78 is 0. The first-order valence-electron chi connectivity index (χ1n) is 11.3. The van der Waals surface area contributed by atoms with Gasteiger partial charge < -0.3 is 20.5 Å². The van der Waals surface area contributed by atoms with E-state index in [1.54, 1.807) is 6.92 Å². The second kappa shape index (κ2) is 9.08. The Bertz CT molecular complexity index is 930. The van der Waals surface area contributed by atoms with Crippen molar-refractivity contribution >= 4 is 28.8 Å². The lowest BCUT2D eigenvalue weighted by atomic mass is 10.0. The molecule has 4 rings (SSSR count). The molecule has 0 radical (unpaired) electrons. The van der Waals surface area contributed by atoms with E-state index in [0.717, 1.165) is 36.1 Å².